The normalized spacial score (nSPS) is 15.6. The molecular formula is C10H10ClNO4S. The van der Waals surface area contributed by atoms with Gasteiger partial charge in [-0.2, -0.15) is 0 Å². The van der Waals surface area contributed by atoms with Crippen molar-refractivity contribution in [2.45, 2.75) is 18.1 Å². The van der Waals surface area contributed by atoms with Gasteiger partial charge in [-0.15, -0.1) is 0 Å². The van der Waals surface area contributed by atoms with Gasteiger partial charge in [0.2, 0.25) is 10.0 Å². The van der Waals surface area contributed by atoms with Crippen LogP contribution in [0.1, 0.15) is 23.2 Å². The van der Waals surface area contributed by atoms with Gasteiger partial charge in [0.1, 0.15) is 0 Å². The molecule has 92 valence electrons. The second-order valence-electron chi connectivity index (χ2n) is 3.85. The first kappa shape index (κ1) is 12.2. The molecule has 0 bridgehead atoms. The van der Waals surface area contributed by atoms with E-state index in [0.717, 1.165) is 0 Å². The Morgan fingerprint density at radius 1 is 1.41 bits per heavy atom. The molecule has 0 heterocycles. The standard InChI is InChI=1S/C10H10ClNO4S/c11-8-4-1-6(10(13)14)5-9(8)12-17(15,16)7-2-3-7/h1,4-5,7,12H,2-3H2,(H,13,14). The van der Waals surface area contributed by atoms with E-state index in [9.17, 15) is 13.2 Å². The van der Waals surface area contributed by atoms with E-state index in [0.29, 0.717) is 12.8 Å². The van der Waals surface area contributed by atoms with Crippen LogP contribution < -0.4 is 4.72 Å². The highest BCUT2D eigenvalue weighted by Gasteiger charge is 2.36. The van der Waals surface area contributed by atoms with Crippen molar-refractivity contribution in [1.29, 1.82) is 0 Å². The molecule has 1 saturated carbocycles. The number of carbonyl (C=O) groups is 1. The Hall–Kier alpha value is -1.27. The van der Waals surface area contributed by atoms with Gasteiger partial charge in [0.15, 0.2) is 0 Å². The SMILES string of the molecule is O=C(O)c1ccc(Cl)c(NS(=O)(=O)C2CC2)c1. The lowest BCUT2D eigenvalue weighted by atomic mass is 10.2. The minimum absolute atomic E-state index is 0.0112. The van der Waals surface area contributed by atoms with Gasteiger partial charge in [-0.3, -0.25) is 4.72 Å². The van der Waals surface area contributed by atoms with E-state index in [1.165, 1.54) is 18.2 Å². The molecule has 2 N–H and O–H groups in total. The van der Waals surface area contributed by atoms with Crippen molar-refractivity contribution >= 4 is 33.3 Å². The van der Waals surface area contributed by atoms with Crippen LogP contribution in [0.3, 0.4) is 0 Å². The summed E-state index contributed by atoms with van der Waals surface area (Å²) < 4.78 is 25.7. The number of hydrogen-bond donors (Lipinski definition) is 2. The van der Waals surface area contributed by atoms with Crippen molar-refractivity contribution in [3.05, 3.63) is 28.8 Å². The Kier molecular flexibility index (Phi) is 3.01. The third-order valence-corrected chi connectivity index (χ3v) is 4.61. The van der Waals surface area contributed by atoms with Crippen LogP contribution in [0.4, 0.5) is 5.69 Å². The smallest absolute Gasteiger partial charge is 0.335 e. The Bertz CT molecular complexity index is 566. The van der Waals surface area contributed by atoms with Crippen LogP contribution in [-0.2, 0) is 10.0 Å². The Balaban J connectivity index is 2.31. The first-order chi connectivity index (χ1) is 7.90. The van der Waals surface area contributed by atoms with Gasteiger partial charge in [0, 0.05) is 0 Å². The molecule has 1 fully saturated rings. The molecule has 1 aromatic rings. The van der Waals surface area contributed by atoms with Crippen LogP contribution in [0, 0.1) is 0 Å². The number of halogens is 1. The fraction of sp³-hybridized carbons (Fsp3) is 0.300. The van der Waals surface area contributed by atoms with Crippen molar-refractivity contribution in [1.82, 2.24) is 0 Å². The minimum atomic E-state index is -3.43. The van der Waals surface area contributed by atoms with Crippen LogP contribution >= 0.6 is 11.6 Å². The molecule has 0 atom stereocenters. The summed E-state index contributed by atoms with van der Waals surface area (Å²) in [6, 6.07) is 3.89. The molecule has 0 radical (unpaired) electrons. The number of nitrogens with one attached hydrogen (secondary N) is 1. The quantitative estimate of drug-likeness (QED) is 0.880. The van der Waals surface area contributed by atoms with E-state index in [-0.39, 0.29) is 21.5 Å². The van der Waals surface area contributed by atoms with Gasteiger partial charge >= 0.3 is 5.97 Å². The number of aromatic carboxylic acids is 1. The summed E-state index contributed by atoms with van der Waals surface area (Å²) in [6.45, 7) is 0. The molecule has 0 spiro atoms. The summed E-state index contributed by atoms with van der Waals surface area (Å²) in [4.78, 5) is 10.8. The number of carboxylic acids is 1. The maximum absolute atomic E-state index is 11.7. The molecular weight excluding hydrogens is 266 g/mol. The third-order valence-electron chi connectivity index (χ3n) is 2.43. The molecule has 1 aromatic carbocycles. The number of benzene rings is 1. The molecule has 0 aromatic heterocycles. The van der Waals surface area contributed by atoms with E-state index in [4.69, 9.17) is 16.7 Å². The molecule has 7 heteroatoms. The number of carboxylic acid groups (broad SMARTS) is 1. The predicted molar refractivity (Wildman–Crippen MR) is 64.0 cm³/mol. The summed E-state index contributed by atoms with van der Waals surface area (Å²) in [5.41, 5.74) is 0.0985. The predicted octanol–water partition coefficient (Wildman–Crippen LogP) is 1.94. The van der Waals surface area contributed by atoms with E-state index in [2.05, 4.69) is 4.72 Å². The highest BCUT2D eigenvalue weighted by Crippen LogP contribution is 2.32. The van der Waals surface area contributed by atoms with Gasteiger partial charge in [0.05, 0.1) is 21.5 Å². The molecule has 17 heavy (non-hydrogen) atoms. The zero-order valence-electron chi connectivity index (χ0n) is 8.68. The fourth-order valence-corrected chi connectivity index (χ4v) is 2.97. The van der Waals surface area contributed by atoms with Crippen molar-refractivity contribution in [2.75, 3.05) is 4.72 Å². The molecule has 2 rings (SSSR count). The second kappa shape index (κ2) is 4.19. The van der Waals surface area contributed by atoms with Crippen LogP contribution in [0.2, 0.25) is 5.02 Å². The molecule has 0 amide bonds. The van der Waals surface area contributed by atoms with Gasteiger partial charge in [-0.05, 0) is 31.0 Å². The minimum Gasteiger partial charge on any atom is -0.478 e. The first-order valence-electron chi connectivity index (χ1n) is 4.94. The van der Waals surface area contributed by atoms with Gasteiger partial charge < -0.3 is 5.11 Å². The maximum Gasteiger partial charge on any atom is 0.335 e. The van der Waals surface area contributed by atoms with E-state index in [1.807, 2.05) is 0 Å². The topological polar surface area (TPSA) is 83.5 Å². The zero-order valence-corrected chi connectivity index (χ0v) is 10.3. The Labute approximate surface area is 103 Å². The lowest BCUT2D eigenvalue weighted by Gasteiger charge is -2.09. The molecule has 0 unspecified atom stereocenters. The average Bonchev–Trinajstić information content (AvgIpc) is 3.04. The second-order valence-corrected chi connectivity index (χ2v) is 6.21. The summed E-state index contributed by atoms with van der Waals surface area (Å²) >= 11 is 5.81. The van der Waals surface area contributed by atoms with Crippen LogP contribution in [0.25, 0.3) is 0 Å². The fourth-order valence-electron chi connectivity index (χ4n) is 1.35. The summed E-state index contributed by atoms with van der Waals surface area (Å²) in [6.07, 6.45) is 1.26. The van der Waals surface area contributed by atoms with Crippen molar-refractivity contribution in [3.8, 4) is 0 Å². The van der Waals surface area contributed by atoms with Crippen molar-refractivity contribution in [2.24, 2.45) is 0 Å². The highest BCUT2D eigenvalue weighted by atomic mass is 35.5. The summed E-state index contributed by atoms with van der Waals surface area (Å²) in [5, 5.41) is 8.60. The van der Waals surface area contributed by atoms with Crippen molar-refractivity contribution in [3.63, 3.8) is 0 Å². The molecule has 0 aliphatic heterocycles. The van der Waals surface area contributed by atoms with Crippen LogP contribution in [-0.4, -0.2) is 24.7 Å². The van der Waals surface area contributed by atoms with Gasteiger partial charge in [0.25, 0.3) is 0 Å². The lowest BCUT2D eigenvalue weighted by Crippen LogP contribution is -2.17. The van der Waals surface area contributed by atoms with E-state index >= 15 is 0 Å². The first-order valence-corrected chi connectivity index (χ1v) is 6.87. The monoisotopic (exact) mass is 275 g/mol. The number of rotatable bonds is 4. The molecule has 1 aliphatic rings. The van der Waals surface area contributed by atoms with Crippen LogP contribution in [0.5, 0.6) is 0 Å². The molecule has 0 saturated heterocycles. The zero-order chi connectivity index (χ0) is 12.6. The number of hydrogen-bond acceptors (Lipinski definition) is 3. The Morgan fingerprint density at radius 2 is 2.06 bits per heavy atom. The Morgan fingerprint density at radius 3 is 2.59 bits per heavy atom. The summed E-state index contributed by atoms with van der Waals surface area (Å²) in [7, 11) is -3.43. The van der Waals surface area contributed by atoms with Gasteiger partial charge in [-0.25, -0.2) is 13.2 Å². The van der Waals surface area contributed by atoms with Gasteiger partial charge in [-0.1, -0.05) is 11.6 Å². The highest BCUT2D eigenvalue weighted by molar-refractivity contribution is 7.93. The lowest BCUT2D eigenvalue weighted by molar-refractivity contribution is 0.0697. The largest absolute Gasteiger partial charge is 0.478 e. The molecule has 1 aliphatic carbocycles. The number of anilines is 1. The average molecular weight is 276 g/mol. The van der Waals surface area contributed by atoms with Crippen molar-refractivity contribution < 1.29 is 18.3 Å². The summed E-state index contributed by atoms with van der Waals surface area (Å²) in [5.74, 6) is -1.13. The number of sulfonamides is 1. The molecule has 5 nitrogen and oxygen atoms in total. The van der Waals surface area contributed by atoms with E-state index < -0.39 is 16.0 Å². The van der Waals surface area contributed by atoms with E-state index in [1.54, 1.807) is 0 Å². The van der Waals surface area contributed by atoms with Crippen LogP contribution in [0.15, 0.2) is 18.2 Å². The third kappa shape index (κ3) is 2.70. The maximum atomic E-state index is 11.7.